The zero-order valence-electron chi connectivity index (χ0n) is 20.7. The molecule has 0 aromatic heterocycles. The first-order valence-corrected chi connectivity index (χ1v) is 13.2. The van der Waals surface area contributed by atoms with E-state index in [4.69, 9.17) is 0 Å². The van der Waals surface area contributed by atoms with Gasteiger partial charge < -0.3 is 5.32 Å². The van der Waals surface area contributed by atoms with Crippen LogP contribution in [0.3, 0.4) is 0 Å². The molecule has 5 nitrogen and oxygen atoms in total. The predicted molar refractivity (Wildman–Crippen MR) is 144 cm³/mol. The van der Waals surface area contributed by atoms with Gasteiger partial charge in [-0.3, -0.25) is 9.10 Å². The summed E-state index contributed by atoms with van der Waals surface area (Å²) in [7, 11) is -3.98. The third kappa shape index (κ3) is 5.83. The molecule has 0 aliphatic heterocycles. The Morgan fingerprint density at radius 1 is 0.722 bits per heavy atom. The summed E-state index contributed by atoms with van der Waals surface area (Å²) in [5.41, 5.74) is 5.25. The van der Waals surface area contributed by atoms with Crippen molar-refractivity contribution < 1.29 is 13.2 Å². The fourth-order valence-electron chi connectivity index (χ4n) is 4.04. The van der Waals surface area contributed by atoms with Crippen molar-refractivity contribution in [3.8, 4) is 0 Å². The Morgan fingerprint density at radius 3 is 1.92 bits per heavy atom. The second kappa shape index (κ2) is 10.8. The largest absolute Gasteiger partial charge is 0.344 e. The van der Waals surface area contributed by atoms with Crippen LogP contribution in [0.15, 0.2) is 108 Å². The molecule has 0 radical (unpaired) electrons. The Balaban J connectivity index is 1.68. The van der Waals surface area contributed by atoms with Gasteiger partial charge in [0, 0.05) is 0 Å². The first kappa shape index (κ1) is 25.2. The monoisotopic (exact) mass is 498 g/mol. The van der Waals surface area contributed by atoms with E-state index in [1.165, 1.54) is 4.31 Å². The minimum Gasteiger partial charge on any atom is -0.344 e. The van der Waals surface area contributed by atoms with E-state index in [9.17, 15) is 13.2 Å². The third-order valence-electron chi connectivity index (χ3n) is 6.03. The van der Waals surface area contributed by atoms with E-state index in [-0.39, 0.29) is 11.4 Å². The number of carbonyl (C=O) groups excluding carboxylic acids is 1. The second-order valence-electron chi connectivity index (χ2n) is 8.99. The van der Waals surface area contributed by atoms with Gasteiger partial charge in [0.25, 0.3) is 10.0 Å². The predicted octanol–water partition coefficient (Wildman–Crippen LogP) is 5.71. The summed E-state index contributed by atoms with van der Waals surface area (Å²) < 4.78 is 28.6. The van der Waals surface area contributed by atoms with Gasteiger partial charge >= 0.3 is 0 Å². The fraction of sp³-hybridized carbons (Fsp3) is 0.167. The summed E-state index contributed by atoms with van der Waals surface area (Å²) in [6.45, 7) is 5.45. The lowest BCUT2D eigenvalue weighted by molar-refractivity contribution is -0.120. The highest BCUT2D eigenvalue weighted by Gasteiger charge is 2.28. The molecule has 6 heteroatoms. The maximum Gasteiger partial charge on any atom is 0.264 e. The zero-order chi connectivity index (χ0) is 25.7. The van der Waals surface area contributed by atoms with Crippen LogP contribution in [0.1, 0.15) is 33.9 Å². The van der Waals surface area contributed by atoms with Crippen LogP contribution < -0.4 is 9.62 Å². The lowest BCUT2D eigenvalue weighted by atomic mass is 9.98. The van der Waals surface area contributed by atoms with Gasteiger partial charge in [-0.2, -0.15) is 0 Å². The number of hydrogen-bond acceptors (Lipinski definition) is 3. The number of carbonyl (C=O) groups is 1. The van der Waals surface area contributed by atoms with Gasteiger partial charge in [-0.15, -0.1) is 0 Å². The molecule has 4 aromatic rings. The second-order valence-corrected chi connectivity index (χ2v) is 10.8. The van der Waals surface area contributed by atoms with Gasteiger partial charge in [0.2, 0.25) is 5.91 Å². The highest BCUT2D eigenvalue weighted by Crippen LogP contribution is 2.26. The number of benzene rings is 4. The Morgan fingerprint density at radius 2 is 1.31 bits per heavy atom. The number of amides is 1. The number of nitrogens with zero attached hydrogens (tertiary/aromatic N) is 1. The van der Waals surface area contributed by atoms with E-state index < -0.39 is 22.0 Å². The number of anilines is 1. The lowest BCUT2D eigenvalue weighted by Gasteiger charge is -2.26. The topological polar surface area (TPSA) is 66.5 Å². The van der Waals surface area contributed by atoms with Crippen LogP contribution in [0.25, 0.3) is 0 Å². The maximum absolute atomic E-state index is 13.7. The molecule has 0 aliphatic rings. The standard InChI is InChI=1S/C30H30N2O3S/c1-22-12-16-26(17-13-22)30(25-9-5-4-6-10-25)31-29(33)21-32(27-11-7-8-24(3)20-27)36(34,35)28-18-14-23(2)15-19-28/h4-20,30H,21H2,1-3H3,(H,31,33)/t30-/m0/s1. The van der Waals surface area contributed by atoms with Crippen molar-refractivity contribution in [2.45, 2.75) is 31.7 Å². The Labute approximate surface area is 213 Å². The number of aryl methyl sites for hydroxylation is 3. The molecule has 0 heterocycles. The summed E-state index contributed by atoms with van der Waals surface area (Å²) in [6.07, 6.45) is 0. The van der Waals surface area contributed by atoms with Crippen LogP contribution in [0, 0.1) is 20.8 Å². The molecule has 4 aromatic carbocycles. The van der Waals surface area contributed by atoms with Crippen molar-refractivity contribution in [3.63, 3.8) is 0 Å². The van der Waals surface area contributed by atoms with Crippen LogP contribution >= 0.6 is 0 Å². The van der Waals surface area contributed by atoms with Crippen LogP contribution in [-0.4, -0.2) is 20.9 Å². The van der Waals surface area contributed by atoms with Gasteiger partial charge in [-0.05, 0) is 61.7 Å². The highest BCUT2D eigenvalue weighted by atomic mass is 32.2. The van der Waals surface area contributed by atoms with Crippen molar-refractivity contribution in [1.29, 1.82) is 0 Å². The highest BCUT2D eigenvalue weighted by molar-refractivity contribution is 7.92. The van der Waals surface area contributed by atoms with E-state index in [0.717, 1.165) is 27.8 Å². The first-order chi connectivity index (χ1) is 17.2. The normalized spacial score (nSPS) is 12.1. The van der Waals surface area contributed by atoms with Gasteiger partial charge in [0.15, 0.2) is 0 Å². The molecular weight excluding hydrogens is 468 g/mol. The zero-order valence-corrected chi connectivity index (χ0v) is 21.5. The number of hydrogen-bond donors (Lipinski definition) is 1. The van der Waals surface area contributed by atoms with Crippen LogP contribution in [0.5, 0.6) is 0 Å². The Kier molecular flexibility index (Phi) is 7.55. The Hall–Kier alpha value is -3.90. The SMILES string of the molecule is Cc1ccc([C@@H](NC(=O)CN(c2cccc(C)c2)S(=O)(=O)c2ccc(C)cc2)c2ccccc2)cc1. The number of rotatable bonds is 8. The average molecular weight is 499 g/mol. The van der Waals surface area contributed by atoms with Crippen molar-refractivity contribution in [1.82, 2.24) is 5.32 Å². The molecule has 184 valence electrons. The van der Waals surface area contributed by atoms with E-state index in [1.54, 1.807) is 42.5 Å². The van der Waals surface area contributed by atoms with Crippen LogP contribution in [0.2, 0.25) is 0 Å². The molecule has 0 bridgehead atoms. The van der Waals surface area contributed by atoms with Crippen molar-refractivity contribution in [2.24, 2.45) is 0 Å². The number of sulfonamides is 1. The fourth-order valence-corrected chi connectivity index (χ4v) is 5.45. The molecule has 0 fully saturated rings. The molecule has 0 saturated carbocycles. The van der Waals surface area contributed by atoms with Gasteiger partial charge in [-0.25, -0.2) is 8.42 Å². The summed E-state index contributed by atoms with van der Waals surface area (Å²) in [4.78, 5) is 13.6. The summed E-state index contributed by atoms with van der Waals surface area (Å²) in [5, 5.41) is 3.07. The van der Waals surface area contributed by atoms with Gasteiger partial charge in [0.05, 0.1) is 16.6 Å². The molecule has 36 heavy (non-hydrogen) atoms. The van der Waals surface area contributed by atoms with Gasteiger partial charge in [-0.1, -0.05) is 90.0 Å². The molecule has 1 amide bonds. The van der Waals surface area contributed by atoms with Crippen molar-refractivity contribution in [3.05, 3.63) is 131 Å². The molecule has 1 N–H and O–H groups in total. The number of nitrogens with one attached hydrogen (secondary N) is 1. The molecule has 0 unspecified atom stereocenters. The smallest absolute Gasteiger partial charge is 0.264 e. The summed E-state index contributed by atoms with van der Waals surface area (Å²) >= 11 is 0. The van der Waals surface area contributed by atoms with Crippen LogP contribution in [-0.2, 0) is 14.8 Å². The van der Waals surface area contributed by atoms with E-state index in [1.807, 2.05) is 81.4 Å². The molecular formula is C30H30N2O3S. The third-order valence-corrected chi connectivity index (χ3v) is 7.82. The van der Waals surface area contributed by atoms with Crippen molar-refractivity contribution in [2.75, 3.05) is 10.8 Å². The molecule has 0 spiro atoms. The average Bonchev–Trinajstić information content (AvgIpc) is 2.87. The maximum atomic E-state index is 13.7. The molecule has 1 atom stereocenters. The van der Waals surface area contributed by atoms with E-state index in [2.05, 4.69) is 5.32 Å². The molecule has 0 aliphatic carbocycles. The van der Waals surface area contributed by atoms with Crippen LogP contribution in [0.4, 0.5) is 5.69 Å². The van der Waals surface area contributed by atoms with Crippen molar-refractivity contribution >= 4 is 21.6 Å². The van der Waals surface area contributed by atoms with E-state index in [0.29, 0.717) is 5.69 Å². The van der Waals surface area contributed by atoms with E-state index >= 15 is 0 Å². The van der Waals surface area contributed by atoms with Gasteiger partial charge in [0.1, 0.15) is 6.54 Å². The molecule has 0 saturated heterocycles. The summed E-state index contributed by atoms with van der Waals surface area (Å²) in [5.74, 6) is -0.401. The quantitative estimate of drug-likeness (QED) is 0.338. The first-order valence-electron chi connectivity index (χ1n) is 11.8. The minimum atomic E-state index is -3.98. The lowest BCUT2D eigenvalue weighted by Crippen LogP contribution is -2.42. The summed E-state index contributed by atoms with van der Waals surface area (Å²) in [6, 6.07) is 31.0. The molecule has 4 rings (SSSR count). The minimum absolute atomic E-state index is 0.139. The Bertz CT molecular complexity index is 1430.